The van der Waals surface area contributed by atoms with Gasteiger partial charge in [0.1, 0.15) is 10.8 Å². The predicted molar refractivity (Wildman–Crippen MR) is 104 cm³/mol. The van der Waals surface area contributed by atoms with Crippen LogP contribution in [0.3, 0.4) is 0 Å². The minimum Gasteiger partial charge on any atom is -0.460 e. The van der Waals surface area contributed by atoms with Crippen molar-refractivity contribution in [3.63, 3.8) is 0 Å². The molecule has 0 aliphatic heterocycles. The molecule has 7 nitrogen and oxygen atoms in total. The fraction of sp³-hybridized carbons (Fsp3) is 0.267. The van der Waals surface area contributed by atoms with Crippen LogP contribution < -0.4 is 11.0 Å². The highest BCUT2D eigenvalue weighted by Gasteiger charge is 2.29. The molecule has 0 saturated carbocycles. The number of anilines is 1. The van der Waals surface area contributed by atoms with Crippen LogP contribution in [0.25, 0.3) is 22.6 Å². The van der Waals surface area contributed by atoms with E-state index in [9.17, 15) is 14.4 Å². The molecule has 0 fully saturated rings. The van der Waals surface area contributed by atoms with E-state index in [0.717, 1.165) is 9.99 Å². The number of nitrogen functional groups attached to an aromatic ring is 1. The van der Waals surface area contributed by atoms with Crippen LogP contribution in [0.4, 0.5) is 5.69 Å². The number of halogens is 2. The van der Waals surface area contributed by atoms with Gasteiger partial charge in [-0.2, -0.15) is 0 Å². The molecule has 25 heavy (non-hydrogen) atoms. The zero-order valence-corrected chi connectivity index (χ0v) is 17.5. The average Bonchev–Trinajstić information content (AvgIpc) is 3.08. The van der Waals surface area contributed by atoms with Crippen LogP contribution in [0.1, 0.15) is 13.8 Å². The van der Waals surface area contributed by atoms with Gasteiger partial charge in [0.05, 0.1) is 17.5 Å². The van der Waals surface area contributed by atoms with E-state index in [1.165, 1.54) is 12.3 Å². The highest BCUT2D eigenvalue weighted by molar-refractivity contribution is 9.11. The Kier molecular flexibility index (Phi) is 4.89. The zero-order valence-electron chi connectivity index (χ0n) is 13.4. The third-order valence-electron chi connectivity index (χ3n) is 3.67. The first-order valence-electron chi connectivity index (χ1n) is 7.39. The van der Waals surface area contributed by atoms with Gasteiger partial charge in [-0.1, -0.05) is 13.8 Å². The lowest BCUT2D eigenvalue weighted by Crippen LogP contribution is -2.11. The summed E-state index contributed by atoms with van der Waals surface area (Å²) in [5.74, 6) is 0.645. The van der Waals surface area contributed by atoms with E-state index in [1.54, 1.807) is 0 Å². The summed E-state index contributed by atoms with van der Waals surface area (Å²) in [5.41, 5.74) is 7.88. The summed E-state index contributed by atoms with van der Waals surface area (Å²) in [6.45, 7) is 4.66. The Morgan fingerprint density at radius 1 is 1.36 bits per heavy atom. The van der Waals surface area contributed by atoms with Crippen molar-refractivity contribution in [1.29, 1.82) is 0 Å². The Labute approximate surface area is 160 Å². The summed E-state index contributed by atoms with van der Waals surface area (Å²) < 4.78 is 20.5. The van der Waals surface area contributed by atoms with Crippen LogP contribution in [0.15, 0.2) is 31.8 Å². The van der Waals surface area contributed by atoms with Gasteiger partial charge >= 0.3 is 7.60 Å². The van der Waals surface area contributed by atoms with Gasteiger partial charge in [-0.15, -0.1) is 0 Å². The van der Waals surface area contributed by atoms with Crippen LogP contribution in [0.2, 0.25) is 0 Å². The van der Waals surface area contributed by atoms with Crippen LogP contribution in [-0.2, 0) is 11.1 Å². The van der Waals surface area contributed by atoms with Gasteiger partial charge in [0.2, 0.25) is 0 Å². The Hall–Kier alpha value is -1.12. The molecule has 3 aromatic rings. The molecule has 0 aliphatic rings. The normalized spacial score (nSPS) is 12.4. The number of furan rings is 1. The number of rotatable bonds is 4. The quantitative estimate of drug-likeness (QED) is 0.376. The molecule has 134 valence electrons. The summed E-state index contributed by atoms with van der Waals surface area (Å²) in [4.78, 5) is 23.7. The van der Waals surface area contributed by atoms with Crippen molar-refractivity contribution in [3.05, 3.63) is 27.3 Å². The van der Waals surface area contributed by atoms with Crippen molar-refractivity contribution in [2.45, 2.75) is 20.4 Å². The predicted octanol–water partition coefficient (Wildman–Crippen LogP) is 3.86. The van der Waals surface area contributed by atoms with Crippen molar-refractivity contribution >= 4 is 61.5 Å². The number of nitrogens with zero attached hydrogens (tertiary/aromatic N) is 2. The van der Waals surface area contributed by atoms with Gasteiger partial charge in [0.25, 0.3) is 0 Å². The molecule has 0 saturated heterocycles. The second-order valence-corrected chi connectivity index (χ2v) is 9.35. The van der Waals surface area contributed by atoms with Crippen molar-refractivity contribution in [2.24, 2.45) is 5.92 Å². The van der Waals surface area contributed by atoms with Crippen molar-refractivity contribution in [1.82, 2.24) is 9.55 Å². The highest BCUT2D eigenvalue weighted by atomic mass is 79.9. The summed E-state index contributed by atoms with van der Waals surface area (Å²) in [6, 6.07) is 3.09. The second-order valence-electron chi connectivity index (χ2n) is 6.07. The number of nitrogens with two attached hydrogens (primary N) is 1. The zero-order chi connectivity index (χ0) is 18.5. The molecule has 0 aliphatic carbocycles. The lowest BCUT2D eigenvalue weighted by Gasteiger charge is -2.13. The molecule has 2 heterocycles. The first-order chi connectivity index (χ1) is 11.6. The molecule has 1 aromatic carbocycles. The minimum absolute atomic E-state index is 0.0487. The third-order valence-corrected chi connectivity index (χ3v) is 5.91. The number of hydrogen-bond donors (Lipinski definition) is 3. The fourth-order valence-electron chi connectivity index (χ4n) is 2.67. The summed E-state index contributed by atoms with van der Waals surface area (Å²) in [5, 5.41) is -0.193. The highest BCUT2D eigenvalue weighted by Crippen LogP contribution is 2.41. The van der Waals surface area contributed by atoms with Gasteiger partial charge in [0.15, 0.2) is 11.6 Å². The third kappa shape index (κ3) is 3.31. The SMILES string of the molecule is CC(C)Cn1c(-c2occc2P(=O)(O)O)nc2c(N)c(Br)cc(Br)c21. The van der Waals surface area contributed by atoms with Gasteiger partial charge in [-0.05, 0) is 49.9 Å². The van der Waals surface area contributed by atoms with Gasteiger partial charge in [-0.3, -0.25) is 4.57 Å². The monoisotopic (exact) mass is 491 g/mol. The van der Waals surface area contributed by atoms with Crippen LogP contribution >= 0.6 is 39.5 Å². The number of aromatic nitrogens is 2. The minimum atomic E-state index is -4.50. The van der Waals surface area contributed by atoms with Crippen molar-refractivity contribution in [3.8, 4) is 11.6 Å². The second kappa shape index (κ2) is 6.55. The van der Waals surface area contributed by atoms with E-state index in [1.807, 2.05) is 24.5 Å². The smallest absolute Gasteiger partial charge is 0.360 e. The molecule has 0 radical (unpaired) electrons. The maximum absolute atomic E-state index is 11.8. The summed E-state index contributed by atoms with van der Waals surface area (Å²) in [6.07, 6.45) is 1.25. The fourth-order valence-corrected chi connectivity index (χ4v) is 4.70. The Morgan fingerprint density at radius 2 is 2.04 bits per heavy atom. The average molecular weight is 493 g/mol. The molecule has 0 atom stereocenters. The maximum atomic E-state index is 11.8. The molecular formula is C15H16Br2N3O4P. The van der Waals surface area contributed by atoms with E-state index in [0.29, 0.717) is 28.0 Å². The topological polar surface area (TPSA) is 115 Å². The van der Waals surface area contributed by atoms with Gasteiger partial charge in [0, 0.05) is 15.5 Å². The molecule has 10 heteroatoms. The first kappa shape index (κ1) is 18.7. The van der Waals surface area contributed by atoms with E-state index >= 15 is 0 Å². The number of hydrogen-bond acceptors (Lipinski definition) is 4. The molecule has 0 spiro atoms. The lowest BCUT2D eigenvalue weighted by molar-refractivity contribution is 0.387. The molecule has 0 amide bonds. The van der Waals surface area contributed by atoms with E-state index in [4.69, 9.17) is 10.2 Å². The van der Waals surface area contributed by atoms with E-state index in [-0.39, 0.29) is 17.0 Å². The molecular weight excluding hydrogens is 477 g/mol. The standard InChI is InChI=1S/C15H16Br2N3O4P/c1-7(2)6-20-13-9(17)5-8(16)11(18)12(13)19-15(20)14-10(3-4-24-14)25(21,22)23/h3-5,7H,6,18H2,1-2H3,(H2,21,22,23). The van der Waals surface area contributed by atoms with Crippen molar-refractivity contribution < 1.29 is 18.8 Å². The molecule has 2 aromatic heterocycles. The van der Waals surface area contributed by atoms with Crippen LogP contribution in [0, 0.1) is 5.92 Å². The van der Waals surface area contributed by atoms with Crippen LogP contribution in [0.5, 0.6) is 0 Å². The van der Waals surface area contributed by atoms with Gasteiger partial charge in [-0.25, -0.2) is 4.98 Å². The number of imidazole rings is 1. The Bertz CT molecular complexity index is 1010. The lowest BCUT2D eigenvalue weighted by atomic mass is 10.2. The van der Waals surface area contributed by atoms with E-state index in [2.05, 4.69) is 36.8 Å². The number of fused-ring (bicyclic) bond motifs is 1. The Balaban J connectivity index is 2.40. The maximum Gasteiger partial charge on any atom is 0.360 e. The summed E-state index contributed by atoms with van der Waals surface area (Å²) >= 11 is 6.92. The molecule has 0 bridgehead atoms. The van der Waals surface area contributed by atoms with Gasteiger partial charge < -0.3 is 24.5 Å². The number of benzene rings is 1. The molecule has 0 unspecified atom stereocenters. The summed E-state index contributed by atoms with van der Waals surface area (Å²) in [7, 11) is -4.50. The van der Waals surface area contributed by atoms with Crippen molar-refractivity contribution in [2.75, 3.05) is 5.73 Å². The Morgan fingerprint density at radius 3 is 2.64 bits per heavy atom. The molecule has 3 rings (SSSR count). The largest absolute Gasteiger partial charge is 0.460 e. The first-order valence-corrected chi connectivity index (χ1v) is 10.6. The molecule has 4 N–H and O–H groups in total. The van der Waals surface area contributed by atoms with E-state index < -0.39 is 7.60 Å². The van der Waals surface area contributed by atoms with Crippen LogP contribution in [-0.4, -0.2) is 19.3 Å².